The highest BCUT2D eigenvalue weighted by Gasteiger charge is 2.15. The van der Waals surface area contributed by atoms with Crippen molar-refractivity contribution in [1.29, 1.82) is 0 Å². The number of Topliss-reactive ketones (excluding diaryl/α,β-unsaturated/α-hetero) is 1. The fraction of sp³-hybridized carbons (Fsp3) is 0.500. The maximum atomic E-state index is 11.9. The van der Waals surface area contributed by atoms with Gasteiger partial charge in [0.1, 0.15) is 0 Å². The molecule has 92 valence electrons. The number of carbonyl (C=O) groups excluding carboxylic acids is 1. The lowest BCUT2D eigenvalue weighted by Gasteiger charge is -2.20. The van der Waals surface area contributed by atoms with Gasteiger partial charge in [-0.15, -0.1) is 0 Å². The minimum atomic E-state index is 0.223. The predicted octanol–water partition coefficient (Wildman–Crippen LogP) is 3.52. The number of rotatable bonds is 4. The summed E-state index contributed by atoms with van der Waals surface area (Å²) in [5.74, 6) is 0.828. The van der Waals surface area contributed by atoms with Crippen molar-refractivity contribution in [3.8, 4) is 0 Å². The lowest BCUT2D eigenvalue weighted by atomic mass is 10.0. The summed E-state index contributed by atoms with van der Waals surface area (Å²) in [5, 5.41) is 0.696. The SMILES string of the molecule is Nc1ccc(C(=O)CSC2CCCCC2)cc1. The fourth-order valence-corrected chi connectivity index (χ4v) is 3.40. The topological polar surface area (TPSA) is 43.1 Å². The van der Waals surface area contributed by atoms with Crippen molar-refractivity contribution in [3.05, 3.63) is 29.8 Å². The second-order valence-corrected chi connectivity index (χ2v) is 5.90. The van der Waals surface area contributed by atoms with E-state index in [0.717, 1.165) is 5.56 Å². The van der Waals surface area contributed by atoms with Crippen molar-refractivity contribution in [2.75, 3.05) is 11.5 Å². The van der Waals surface area contributed by atoms with E-state index in [9.17, 15) is 4.79 Å². The molecular weight excluding hydrogens is 230 g/mol. The molecule has 1 saturated carbocycles. The molecule has 1 fully saturated rings. The van der Waals surface area contributed by atoms with E-state index in [2.05, 4.69) is 0 Å². The van der Waals surface area contributed by atoms with Crippen LogP contribution in [0, 0.1) is 0 Å². The van der Waals surface area contributed by atoms with Crippen LogP contribution in [0.4, 0.5) is 5.69 Å². The van der Waals surface area contributed by atoms with Gasteiger partial charge in [0, 0.05) is 16.5 Å². The molecule has 0 heterocycles. The average Bonchev–Trinajstić information content (AvgIpc) is 2.38. The largest absolute Gasteiger partial charge is 0.399 e. The second kappa shape index (κ2) is 6.10. The Labute approximate surface area is 107 Å². The maximum absolute atomic E-state index is 11.9. The van der Waals surface area contributed by atoms with Gasteiger partial charge in [-0.2, -0.15) is 11.8 Å². The van der Waals surface area contributed by atoms with Gasteiger partial charge >= 0.3 is 0 Å². The summed E-state index contributed by atoms with van der Waals surface area (Å²) < 4.78 is 0. The third kappa shape index (κ3) is 3.77. The normalized spacial score (nSPS) is 16.9. The number of nitrogens with two attached hydrogens (primary N) is 1. The van der Waals surface area contributed by atoms with Crippen LogP contribution in [0.3, 0.4) is 0 Å². The van der Waals surface area contributed by atoms with Gasteiger partial charge in [-0.1, -0.05) is 19.3 Å². The number of benzene rings is 1. The molecule has 0 unspecified atom stereocenters. The van der Waals surface area contributed by atoms with E-state index in [1.165, 1.54) is 32.1 Å². The average molecular weight is 249 g/mol. The molecule has 17 heavy (non-hydrogen) atoms. The highest BCUT2D eigenvalue weighted by atomic mass is 32.2. The van der Waals surface area contributed by atoms with E-state index >= 15 is 0 Å². The molecule has 1 aliphatic carbocycles. The molecule has 0 atom stereocenters. The van der Waals surface area contributed by atoms with E-state index in [-0.39, 0.29) is 5.78 Å². The predicted molar refractivity (Wildman–Crippen MR) is 74.5 cm³/mol. The molecule has 0 spiro atoms. The van der Waals surface area contributed by atoms with Gasteiger partial charge in [-0.05, 0) is 37.1 Å². The van der Waals surface area contributed by atoms with Crippen LogP contribution in [0.5, 0.6) is 0 Å². The van der Waals surface area contributed by atoms with Crippen molar-refractivity contribution in [2.24, 2.45) is 0 Å². The Morgan fingerprint density at radius 1 is 1.18 bits per heavy atom. The summed E-state index contributed by atoms with van der Waals surface area (Å²) in [7, 11) is 0. The van der Waals surface area contributed by atoms with Crippen LogP contribution < -0.4 is 5.73 Å². The first-order valence-electron chi connectivity index (χ1n) is 6.26. The number of ketones is 1. The minimum Gasteiger partial charge on any atom is -0.399 e. The van der Waals surface area contributed by atoms with Crippen LogP contribution >= 0.6 is 11.8 Å². The van der Waals surface area contributed by atoms with Crippen LogP contribution in [0.15, 0.2) is 24.3 Å². The van der Waals surface area contributed by atoms with E-state index < -0.39 is 0 Å². The molecule has 0 saturated heterocycles. The Balaban J connectivity index is 1.82. The highest BCUT2D eigenvalue weighted by Crippen LogP contribution is 2.28. The molecule has 1 aromatic carbocycles. The lowest BCUT2D eigenvalue weighted by Crippen LogP contribution is -2.12. The summed E-state index contributed by atoms with van der Waals surface area (Å²) in [5.41, 5.74) is 7.09. The Hall–Kier alpha value is -0.960. The van der Waals surface area contributed by atoms with Crippen LogP contribution in [-0.2, 0) is 0 Å². The van der Waals surface area contributed by atoms with Gasteiger partial charge in [0.25, 0.3) is 0 Å². The van der Waals surface area contributed by atoms with Crippen LogP contribution in [-0.4, -0.2) is 16.8 Å². The van der Waals surface area contributed by atoms with Crippen LogP contribution in [0.2, 0.25) is 0 Å². The monoisotopic (exact) mass is 249 g/mol. The van der Waals surface area contributed by atoms with Gasteiger partial charge in [-0.3, -0.25) is 4.79 Å². The van der Waals surface area contributed by atoms with Crippen LogP contribution in [0.25, 0.3) is 0 Å². The molecule has 2 nitrogen and oxygen atoms in total. The van der Waals surface area contributed by atoms with Crippen molar-refractivity contribution >= 4 is 23.2 Å². The first-order chi connectivity index (χ1) is 8.25. The fourth-order valence-electron chi connectivity index (χ4n) is 2.18. The van der Waals surface area contributed by atoms with Crippen molar-refractivity contribution < 1.29 is 4.79 Å². The van der Waals surface area contributed by atoms with Crippen molar-refractivity contribution in [1.82, 2.24) is 0 Å². The first-order valence-corrected chi connectivity index (χ1v) is 7.31. The van der Waals surface area contributed by atoms with Crippen LogP contribution in [0.1, 0.15) is 42.5 Å². The van der Waals surface area contributed by atoms with E-state index in [1.807, 2.05) is 23.9 Å². The van der Waals surface area contributed by atoms with Gasteiger partial charge in [0.2, 0.25) is 0 Å². The Morgan fingerprint density at radius 3 is 2.47 bits per heavy atom. The number of carbonyl (C=O) groups is 1. The highest BCUT2D eigenvalue weighted by molar-refractivity contribution is 8.00. The lowest BCUT2D eigenvalue weighted by molar-refractivity contribution is 0.102. The van der Waals surface area contributed by atoms with Gasteiger partial charge in [-0.25, -0.2) is 0 Å². The Morgan fingerprint density at radius 2 is 1.82 bits per heavy atom. The number of nitrogen functional groups attached to an aromatic ring is 1. The van der Waals surface area contributed by atoms with E-state index in [4.69, 9.17) is 5.73 Å². The number of hydrogen-bond acceptors (Lipinski definition) is 3. The summed E-state index contributed by atoms with van der Waals surface area (Å²) in [6.07, 6.45) is 6.57. The Kier molecular flexibility index (Phi) is 4.49. The Bertz CT molecular complexity index is 368. The summed E-state index contributed by atoms with van der Waals surface area (Å²) in [6, 6.07) is 7.22. The zero-order valence-electron chi connectivity index (χ0n) is 10.0. The zero-order chi connectivity index (χ0) is 12.1. The summed E-state index contributed by atoms with van der Waals surface area (Å²) >= 11 is 1.82. The van der Waals surface area contributed by atoms with E-state index in [0.29, 0.717) is 16.7 Å². The maximum Gasteiger partial charge on any atom is 0.172 e. The van der Waals surface area contributed by atoms with Gasteiger partial charge < -0.3 is 5.73 Å². The first kappa shape index (κ1) is 12.5. The molecule has 2 N–H and O–H groups in total. The number of thioether (sulfide) groups is 1. The standard InChI is InChI=1S/C14H19NOS/c15-12-8-6-11(7-9-12)14(16)10-17-13-4-2-1-3-5-13/h6-9,13H,1-5,10,15H2. The second-order valence-electron chi connectivity index (χ2n) is 4.62. The quantitative estimate of drug-likeness (QED) is 0.656. The summed E-state index contributed by atoms with van der Waals surface area (Å²) in [6.45, 7) is 0. The summed E-state index contributed by atoms with van der Waals surface area (Å²) in [4.78, 5) is 11.9. The van der Waals surface area contributed by atoms with Gasteiger partial charge in [0.15, 0.2) is 5.78 Å². The van der Waals surface area contributed by atoms with Gasteiger partial charge in [0.05, 0.1) is 5.75 Å². The number of hydrogen-bond donors (Lipinski definition) is 1. The van der Waals surface area contributed by atoms with Crippen molar-refractivity contribution in [3.63, 3.8) is 0 Å². The third-order valence-corrected chi connectivity index (χ3v) is 4.61. The number of anilines is 1. The smallest absolute Gasteiger partial charge is 0.172 e. The van der Waals surface area contributed by atoms with E-state index in [1.54, 1.807) is 12.1 Å². The van der Waals surface area contributed by atoms with Crippen molar-refractivity contribution in [2.45, 2.75) is 37.4 Å². The third-order valence-electron chi connectivity index (χ3n) is 3.23. The molecule has 0 aromatic heterocycles. The molecular formula is C14H19NOS. The molecule has 0 radical (unpaired) electrons. The molecule has 3 heteroatoms. The molecule has 2 rings (SSSR count). The molecule has 1 aromatic rings. The molecule has 1 aliphatic rings. The molecule has 0 bridgehead atoms. The zero-order valence-corrected chi connectivity index (χ0v) is 10.8. The molecule has 0 amide bonds. The minimum absolute atomic E-state index is 0.223. The molecule has 0 aliphatic heterocycles.